The molecule has 2 atom stereocenters. The van der Waals surface area contributed by atoms with Crippen LogP contribution in [0.15, 0.2) is 72.9 Å². The summed E-state index contributed by atoms with van der Waals surface area (Å²) < 4.78 is 32.6. The van der Waals surface area contributed by atoms with Gasteiger partial charge in [0, 0.05) is 19.4 Å². The van der Waals surface area contributed by atoms with Crippen LogP contribution >= 0.6 is 7.82 Å². The minimum absolute atomic E-state index is 0.0438. The average Bonchev–Trinajstić information content (AvgIpc) is 3.08. The number of allylic oxidation sites excluding steroid dienone is 12. The van der Waals surface area contributed by atoms with Gasteiger partial charge in [0.05, 0.1) is 13.2 Å². The van der Waals surface area contributed by atoms with Crippen molar-refractivity contribution < 1.29 is 37.6 Å². The van der Waals surface area contributed by atoms with Gasteiger partial charge in [-0.05, 0) is 51.4 Å². The molecule has 0 aromatic rings. The molecule has 0 aromatic carbocycles. The van der Waals surface area contributed by atoms with Crippen LogP contribution in [0.3, 0.4) is 0 Å². The smallest absolute Gasteiger partial charge is 0.462 e. The van der Waals surface area contributed by atoms with Gasteiger partial charge >= 0.3 is 19.8 Å². The Bertz CT molecular complexity index is 1030. The molecule has 0 saturated heterocycles. The number of phosphoric acid groups is 1. The second kappa shape index (κ2) is 35.3. The summed E-state index contributed by atoms with van der Waals surface area (Å²) in [7, 11) is -4.38. The zero-order chi connectivity index (χ0) is 36.1. The van der Waals surface area contributed by atoms with Crippen LogP contribution in [0.1, 0.15) is 129 Å². The van der Waals surface area contributed by atoms with Crippen molar-refractivity contribution in [1.29, 1.82) is 0 Å². The highest BCUT2D eigenvalue weighted by Crippen LogP contribution is 2.43. The number of unbranched alkanes of at least 4 members (excludes halogenated alkanes) is 12. The predicted octanol–water partition coefficient (Wildman–Crippen LogP) is 9.93. The molecule has 0 aromatic heterocycles. The maximum Gasteiger partial charge on any atom is 0.472 e. The van der Waals surface area contributed by atoms with Gasteiger partial charge in [-0.1, -0.05) is 138 Å². The van der Waals surface area contributed by atoms with Crippen LogP contribution in [-0.2, 0) is 32.7 Å². The molecule has 0 aliphatic carbocycles. The van der Waals surface area contributed by atoms with Gasteiger partial charge in [0.1, 0.15) is 6.61 Å². The molecule has 0 fully saturated rings. The normalized spacial score (nSPS) is 14.3. The van der Waals surface area contributed by atoms with Gasteiger partial charge in [-0.3, -0.25) is 18.6 Å². The SMILES string of the molecule is CC/C=C/C=C/C=C/CCCCCCCCCC(=O)OCC(COP(=O)(O)OCCN)OC(=O)CCCCCCC/C=C/C=C/C=C/CC. The van der Waals surface area contributed by atoms with Crippen molar-refractivity contribution in [3.8, 4) is 0 Å². The van der Waals surface area contributed by atoms with Gasteiger partial charge < -0.3 is 20.1 Å². The van der Waals surface area contributed by atoms with E-state index < -0.39 is 32.5 Å². The molecular formula is C39H66NO8P. The van der Waals surface area contributed by atoms with E-state index in [-0.39, 0.29) is 32.6 Å². The van der Waals surface area contributed by atoms with E-state index in [1.807, 2.05) is 24.3 Å². The van der Waals surface area contributed by atoms with Crippen LogP contribution < -0.4 is 5.73 Å². The monoisotopic (exact) mass is 707 g/mol. The van der Waals surface area contributed by atoms with E-state index in [1.165, 1.54) is 19.3 Å². The van der Waals surface area contributed by atoms with E-state index >= 15 is 0 Å². The van der Waals surface area contributed by atoms with E-state index in [0.717, 1.165) is 70.6 Å². The van der Waals surface area contributed by atoms with Crippen LogP contribution in [0.4, 0.5) is 0 Å². The van der Waals surface area contributed by atoms with Gasteiger partial charge in [0.25, 0.3) is 0 Å². The molecule has 0 bridgehead atoms. The lowest BCUT2D eigenvalue weighted by Crippen LogP contribution is -2.29. The third-order valence-corrected chi connectivity index (χ3v) is 8.19. The Labute approximate surface area is 297 Å². The molecule has 280 valence electrons. The number of hydrogen-bond donors (Lipinski definition) is 2. The molecule has 10 heteroatoms. The number of hydrogen-bond acceptors (Lipinski definition) is 8. The standard InChI is InChI=1S/C39H66NO8P/c1-3-5-7-9-11-13-15-17-18-20-21-23-25-27-29-31-38(41)45-35-37(36-47-49(43,44)46-34-33-40)48-39(42)32-30-28-26-24-22-19-16-14-12-10-8-6-4-2/h5-16,37H,3-4,17-36,40H2,1-2H3,(H,43,44)/b7-5+,8-6+,11-9+,12-10+,15-13+,16-14+. The molecule has 9 nitrogen and oxygen atoms in total. The number of phosphoric ester groups is 1. The highest BCUT2D eigenvalue weighted by atomic mass is 31.2. The Morgan fingerprint density at radius 3 is 1.55 bits per heavy atom. The largest absolute Gasteiger partial charge is 0.472 e. The van der Waals surface area contributed by atoms with Crippen LogP contribution in [0.2, 0.25) is 0 Å². The topological polar surface area (TPSA) is 134 Å². The van der Waals surface area contributed by atoms with Crippen molar-refractivity contribution in [3.05, 3.63) is 72.9 Å². The molecule has 0 aliphatic rings. The predicted molar refractivity (Wildman–Crippen MR) is 201 cm³/mol. The first kappa shape index (κ1) is 46.5. The number of ether oxygens (including phenoxy) is 2. The summed E-state index contributed by atoms with van der Waals surface area (Å²) in [5, 5.41) is 0. The third-order valence-electron chi connectivity index (χ3n) is 7.21. The zero-order valence-corrected chi connectivity index (χ0v) is 31.3. The lowest BCUT2D eigenvalue weighted by Gasteiger charge is -2.19. The van der Waals surface area contributed by atoms with E-state index in [2.05, 4.69) is 62.5 Å². The van der Waals surface area contributed by atoms with E-state index in [4.69, 9.17) is 24.3 Å². The summed E-state index contributed by atoms with van der Waals surface area (Å²) in [6, 6.07) is 0. The van der Waals surface area contributed by atoms with E-state index in [1.54, 1.807) is 0 Å². The Hall–Kier alpha value is -2.55. The molecule has 0 heterocycles. The van der Waals surface area contributed by atoms with Gasteiger partial charge in [0.15, 0.2) is 6.10 Å². The van der Waals surface area contributed by atoms with Crippen LogP contribution in [0, 0.1) is 0 Å². The fraction of sp³-hybridized carbons (Fsp3) is 0.641. The molecule has 0 spiro atoms. The van der Waals surface area contributed by atoms with Crippen molar-refractivity contribution in [1.82, 2.24) is 0 Å². The minimum atomic E-state index is -4.38. The van der Waals surface area contributed by atoms with Gasteiger partial charge in [-0.15, -0.1) is 0 Å². The first-order chi connectivity index (χ1) is 23.8. The minimum Gasteiger partial charge on any atom is -0.462 e. The fourth-order valence-corrected chi connectivity index (χ4v) is 5.28. The number of carbonyl (C=O) groups is 2. The highest BCUT2D eigenvalue weighted by molar-refractivity contribution is 7.47. The molecule has 0 radical (unpaired) electrons. The third kappa shape index (κ3) is 35.1. The van der Waals surface area contributed by atoms with Crippen molar-refractivity contribution >= 4 is 19.8 Å². The number of carbonyl (C=O) groups excluding carboxylic acids is 2. The van der Waals surface area contributed by atoms with E-state index in [9.17, 15) is 19.0 Å². The van der Waals surface area contributed by atoms with E-state index in [0.29, 0.717) is 12.8 Å². The lowest BCUT2D eigenvalue weighted by atomic mass is 10.1. The first-order valence-electron chi connectivity index (χ1n) is 18.5. The molecule has 49 heavy (non-hydrogen) atoms. The van der Waals surface area contributed by atoms with Gasteiger partial charge in [0.2, 0.25) is 0 Å². The van der Waals surface area contributed by atoms with Gasteiger partial charge in [-0.2, -0.15) is 0 Å². The number of nitrogens with two attached hydrogens (primary N) is 1. The highest BCUT2D eigenvalue weighted by Gasteiger charge is 2.25. The van der Waals surface area contributed by atoms with Crippen LogP contribution in [0.5, 0.6) is 0 Å². The van der Waals surface area contributed by atoms with Gasteiger partial charge in [-0.25, -0.2) is 4.57 Å². The van der Waals surface area contributed by atoms with Crippen LogP contribution in [0.25, 0.3) is 0 Å². The van der Waals surface area contributed by atoms with Crippen molar-refractivity contribution in [2.24, 2.45) is 5.73 Å². The molecule has 0 saturated carbocycles. The fourth-order valence-electron chi connectivity index (χ4n) is 4.51. The second-order valence-electron chi connectivity index (χ2n) is 11.8. The molecule has 0 rings (SSSR count). The first-order valence-corrected chi connectivity index (χ1v) is 20.0. The summed E-state index contributed by atoms with van der Waals surface area (Å²) in [6.45, 7) is 3.39. The molecule has 3 N–H and O–H groups in total. The van der Waals surface area contributed by atoms with Crippen molar-refractivity contribution in [2.75, 3.05) is 26.4 Å². The summed E-state index contributed by atoms with van der Waals surface area (Å²) in [4.78, 5) is 34.7. The lowest BCUT2D eigenvalue weighted by molar-refractivity contribution is -0.161. The second-order valence-corrected chi connectivity index (χ2v) is 13.3. The quantitative estimate of drug-likeness (QED) is 0.0296. The Kier molecular flexibility index (Phi) is 33.4. The van der Waals surface area contributed by atoms with Crippen LogP contribution in [-0.4, -0.2) is 49.3 Å². The average molecular weight is 708 g/mol. The molecule has 2 unspecified atom stereocenters. The molecular weight excluding hydrogens is 641 g/mol. The number of rotatable bonds is 33. The van der Waals surface area contributed by atoms with Crippen molar-refractivity contribution in [3.63, 3.8) is 0 Å². The summed E-state index contributed by atoms with van der Waals surface area (Å²) in [5.74, 6) is -0.877. The zero-order valence-electron chi connectivity index (χ0n) is 30.4. The number of esters is 2. The Morgan fingerprint density at radius 1 is 0.612 bits per heavy atom. The summed E-state index contributed by atoms with van der Waals surface area (Å²) in [6.07, 6.45) is 40.7. The van der Waals surface area contributed by atoms with Crippen molar-refractivity contribution in [2.45, 2.75) is 136 Å². The Balaban J connectivity index is 4.30. The summed E-state index contributed by atoms with van der Waals surface area (Å²) in [5.41, 5.74) is 5.32. The molecule has 0 amide bonds. The maximum absolute atomic E-state index is 12.5. The summed E-state index contributed by atoms with van der Waals surface area (Å²) >= 11 is 0. The molecule has 0 aliphatic heterocycles. The Morgan fingerprint density at radius 2 is 1.06 bits per heavy atom. The maximum atomic E-state index is 12.5.